The van der Waals surface area contributed by atoms with Crippen LogP contribution in [0, 0.1) is 0 Å². The van der Waals surface area contributed by atoms with Crippen LogP contribution < -0.4 is 10.6 Å². The van der Waals surface area contributed by atoms with E-state index in [4.69, 9.17) is 0 Å². The molecule has 0 aliphatic rings. The average Bonchev–Trinajstić information content (AvgIpc) is 2.50. The number of pyridine rings is 1. The van der Waals surface area contributed by atoms with Crippen molar-refractivity contribution in [1.29, 1.82) is 0 Å². The number of hydrogen-bond donors (Lipinski definition) is 2. The van der Waals surface area contributed by atoms with Gasteiger partial charge in [0.15, 0.2) is 0 Å². The van der Waals surface area contributed by atoms with E-state index in [1.807, 2.05) is 12.1 Å². The highest BCUT2D eigenvalue weighted by molar-refractivity contribution is 5.95. The molecule has 21 heavy (non-hydrogen) atoms. The molecule has 0 spiro atoms. The maximum absolute atomic E-state index is 12.3. The number of nitrogens with zero attached hydrogens (tertiary/aromatic N) is 1. The molecule has 0 aliphatic heterocycles. The maximum atomic E-state index is 12.3. The molecule has 2 N–H and O–H groups in total. The number of anilines is 1. The Kier molecular flexibility index (Phi) is 7.80. The van der Waals surface area contributed by atoms with Gasteiger partial charge in [-0.2, -0.15) is 0 Å². The van der Waals surface area contributed by atoms with Crippen LogP contribution in [0.2, 0.25) is 0 Å². The SMILES string of the molecule is CCCCC(C)NC(=O)c1cc(CC)nc(NCCC)c1. The molecule has 4 heteroatoms. The Labute approximate surface area is 128 Å². The van der Waals surface area contributed by atoms with Crippen molar-refractivity contribution in [2.24, 2.45) is 0 Å². The lowest BCUT2D eigenvalue weighted by Crippen LogP contribution is -2.32. The minimum atomic E-state index is -0.00440. The van der Waals surface area contributed by atoms with Crippen LogP contribution in [0.15, 0.2) is 12.1 Å². The van der Waals surface area contributed by atoms with Crippen LogP contribution in [-0.4, -0.2) is 23.5 Å². The van der Waals surface area contributed by atoms with Gasteiger partial charge in [0.05, 0.1) is 0 Å². The molecule has 0 fully saturated rings. The fourth-order valence-corrected chi connectivity index (χ4v) is 2.13. The molecule has 1 unspecified atom stereocenters. The van der Waals surface area contributed by atoms with E-state index in [9.17, 15) is 4.79 Å². The molecular weight excluding hydrogens is 262 g/mol. The lowest BCUT2D eigenvalue weighted by molar-refractivity contribution is 0.0938. The third-order valence-corrected chi connectivity index (χ3v) is 3.43. The fourth-order valence-electron chi connectivity index (χ4n) is 2.13. The van der Waals surface area contributed by atoms with Gasteiger partial charge in [-0.1, -0.05) is 33.6 Å². The molecule has 1 aromatic rings. The Bertz CT molecular complexity index is 446. The molecule has 4 nitrogen and oxygen atoms in total. The quantitative estimate of drug-likeness (QED) is 0.728. The van der Waals surface area contributed by atoms with E-state index in [1.165, 1.54) is 0 Å². The Hall–Kier alpha value is -1.58. The van der Waals surface area contributed by atoms with Crippen LogP contribution in [0.1, 0.15) is 69.4 Å². The van der Waals surface area contributed by atoms with Crippen molar-refractivity contribution in [3.8, 4) is 0 Å². The number of rotatable bonds is 9. The summed E-state index contributed by atoms with van der Waals surface area (Å²) in [6.45, 7) is 9.26. The topological polar surface area (TPSA) is 54.0 Å². The summed E-state index contributed by atoms with van der Waals surface area (Å²) in [6, 6.07) is 3.94. The van der Waals surface area contributed by atoms with Crippen molar-refractivity contribution in [2.45, 2.75) is 65.8 Å². The molecule has 0 aliphatic carbocycles. The minimum Gasteiger partial charge on any atom is -0.370 e. The summed E-state index contributed by atoms with van der Waals surface area (Å²) in [4.78, 5) is 16.9. The first-order chi connectivity index (χ1) is 10.1. The van der Waals surface area contributed by atoms with Gasteiger partial charge in [0.25, 0.3) is 5.91 Å². The van der Waals surface area contributed by atoms with Gasteiger partial charge in [-0.25, -0.2) is 4.98 Å². The summed E-state index contributed by atoms with van der Waals surface area (Å²) in [6.07, 6.45) is 5.18. The Morgan fingerprint density at radius 1 is 1.24 bits per heavy atom. The van der Waals surface area contributed by atoms with E-state index in [-0.39, 0.29) is 11.9 Å². The molecule has 0 saturated heterocycles. The van der Waals surface area contributed by atoms with Crippen LogP contribution in [0.25, 0.3) is 0 Å². The molecule has 1 rings (SSSR count). The zero-order valence-electron chi connectivity index (χ0n) is 13.8. The van der Waals surface area contributed by atoms with Crippen LogP contribution in [0.3, 0.4) is 0 Å². The Morgan fingerprint density at radius 3 is 2.62 bits per heavy atom. The van der Waals surface area contributed by atoms with E-state index >= 15 is 0 Å². The van der Waals surface area contributed by atoms with E-state index in [0.717, 1.165) is 50.2 Å². The van der Waals surface area contributed by atoms with Gasteiger partial charge >= 0.3 is 0 Å². The molecule has 0 bridgehead atoms. The Morgan fingerprint density at radius 2 is 2.00 bits per heavy atom. The molecule has 1 heterocycles. The zero-order chi connectivity index (χ0) is 15.7. The molecule has 1 amide bonds. The standard InChI is InChI=1S/C17H29N3O/c1-5-8-9-13(4)19-17(21)14-11-15(7-3)20-16(12-14)18-10-6-2/h11-13H,5-10H2,1-4H3,(H,18,20)(H,19,21). The molecule has 0 radical (unpaired) electrons. The normalized spacial score (nSPS) is 12.0. The highest BCUT2D eigenvalue weighted by Gasteiger charge is 2.12. The van der Waals surface area contributed by atoms with Crippen molar-refractivity contribution in [3.63, 3.8) is 0 Å². The maximum Gasteiger partial charge on any atom is 0.251 e. The number of aryl methyl sites for hydroxylation is 1. The third kappa shape index (κ3) is 6.15. The number of nitrogens with one attached hydrogen (secondary N) is 2. The summed E-state index contributed by atoms with van der Waals surface area (Å²) < 4.78 is 0. The highest BCUT2D eigenvalue weighted by atomic mass is 16.1. The summed E-state index contributed by atoms with van der Waals surface area (Å²) >= 11 is 0. The van der Waals surface area contributed by atoms with E-state index in [2.05, 4.69) is 43.3 Å². The fraction of sp³-hybridized carbons (Fsp3) is 0.647. The predicted octanol–water partition coefficient (Wildman–Crippen LogP) is 3.77. The second-order valence-corrected chi connectivity index (χ2v) is 5.53. The number of aromatic nitrogens is 1. The number of carbonyl (C=O) groups excluding carboxylic acids is 1. The van der Waals surface area contributed by atoms with E-state index in [1.54, 1.807) is 0 Å². The van der Waals surface area contributed by atoms with Gasteiger partial charge in [0, 0.05) is 23.8 Å². The second-order valence-electron chi connectivity index (χ2n) is 5.53. The second kappa shape index (κ2) is 9.37. The summed E-state index contributed by atoms with van der Waals surface area (Å²) in [5, 5.41) is 6.33. The lowest BCUT2D eigenvalue weighted by Gasteiger charge is -2.14. The molecule has 0 saturated carbocycles. The van der Waals surface area contributed by atoms with Gasteiger partial charge in [-0.05, 0) is 38.3 Å². The van der Waals surface area contributed by atoms with Crippen molar-refractivity contribution >= 4 is 11.7 Å². The van der Waals surface area contributed by atoms with Crippen molar-refractivity contribution in [3.05, 3.63) is 23.4 Å². The van der Waals surface area contributed by atoms with Crippen molar-refractivity contribution in [1.82, 2.24) is 10.3 Å². The summed E-state index contributed by atoms with van der Waals surface area (Å²) in [7, 11) is 0. The number of amides is 1. The molecule has 1 aromatic heterocycles. The lowest BCUT2D eigenvalue weighted by atomic mass is 10.1. The average molecular weight is 291 g/mol. The number of hydrogen-bond acceptors (Lipinski definition) is 3. The molecular formula is C17H29N3O. The van der Waals surface area contributed by atoms with Crippen LogP contribution in [-0.2, 0) is 6.42 Å². The van der Waals surface area contributed by atoms with Crippen LogP contribution in [0.4, 0.5) is 5.82 Å². The summed E-state index contributed by atoms with van der Waals surface area (Å²) in [5.74, 6) is 0.790. The van der Waals surface area contributed by atoms with Gasteiger partial charge in [0.1, 0.15) is 5.82 Å². The molecule has 118 valence electrons. The number of unbranched alkanes of at least 4 members (excludes halogenated alkanes) is 1. The third-order valence-electron chi connectivity index (χ3n) is 3.43. The molecule has 0 aromatic carbocycles. The summed E-state index contributed by atoms with van der Waals surface area (Å²) in [5.41, 5.74) is 1.64. The monoisotopic (exact) mass is 291 g/mol. The molecule has 1 atom stereocenters. The highest BCUT2D eigenvalue weighted by Crippen LogP contribution is 2.12. The van der Waals surface area contributed by atoms with Gasteiger partial charge in [-0.15, -0.1) is 0 Å². The van der Waals surface area contributed by atoms with Gasteiger partial charge in [0.2, 0.25) is 0 Å². The van der Waals surface area contributed by atoms with Crippen LogP contribution >= 0.6 is 0 Å². The smallest absolute Gasteiger partial charge is 0.251 e. The first-order valence-corrected chi connectivity index (χ1v) is 8.16. The minimum absolute atomic E-state index is 0.00440. The predicted molar refractivity (Wildman–Crippen MR) is 88.8 cm³/mol. The van der Waals surface area contributed by atoms with Crippen molar-refractivity contribution < 1.29 is 4.79 Å². The Balaban J connectivity index is 2.77. The van der Waals surface area contributed by atoms with Crippen LogP contribution in [0.5, 0.6) is 0 Å². The zero-order valence-corrected chi connectivity index (χ0v) is 13.8. The van der Waals surface area contributed by atoms with Gasteiger partial charge in [-0.3, -0.25) is 4.79 Å². The largest absolute Gasteiger partial charge is 0.370 e. The first-order valence-electron chi connectivity index (χ1n) is 8.16. The van der Waals surface area contributed by atoms with E-state index in [0.29, 0.717) is 5.56 Å². The first kappa shape index (κ1) is 17.5. The van der Waals surface area contributed by atoms with E-state index < -0.39 is 0 Å². The number of carbonyl (C=O) groups is 1. The van der Waals surface area contributed by atoms with Crippen molar-refractivity contribution in [2.75, 3.05) is 11.9 Å². The van der Waals surface area contributed by atoms with Gasteiger partial charge < -0.3 is 10.6 Å².